The molecule has 10 nitrogen and oxygen atoms in total. The van der Waals surface area contributed by atoms with Crippen molar-refractivity contribution in [1.82, 2.24) is 0 Å². The number of nitrogens with zero attached hydrogens (tertiary/aromatic N) is 1. The van der Waals surface area contributed by atoms with Crippen LogP contribution in [0, 0.1) is 0 Å². The van der Waals surface area contributed by atoms with Gasteiger partial charge in [0.1, 0.15) is 11.9 Å². The lowest BCUT2D eigenvalue weighted by molar-refractivity contribution is -0.140. The van der Waals surface area contributed by atoms with Crippen LogP contribution in [-0.2, 0) is 20.8 Å². The normalized spacial score (nSPS) is 13.7. The Balaban J connectivity index is 1.93. The number of carbonyl (C=O) groups excluding carboxylic acids is 2. The fourth-order valence-corrected chi connectivity index (χ4v) is 3.88. The fourth-order valence-electron chi connectivity index (χ4n) is 3.88. The van der Waals surface area contributed by atoms with E-state index in [1.807, 2.05) is 0 Å². The number of carboxylic acids is 1. The second kappa shape index (κ2) is 11.9. The predicted molar refractivity (Wildman–Crippen MR) is 130 cm³/mol. The summed E-state index contributed by atoms with van der Waals surface area (Å²) in [5.41, 5.74) is 2.78. The molecule has 2 aromatic carbocycles. The van der Waals surface area contributed by atoms with E-state index in [-0.39, 0.29) is 18.1 Å². The molecule has 0 saturated heterocycles. The fraction of sp³-hybridized carbons (Fsp3) is 0.360. The van der Waals surface area contributed by atoms with Gasteiger partial charge in [-0.25, -0.2) is 14.4 Å². The van der Waals surface area contributed by atoms with Crippen molar-refractivity contribution in [3.63, 3.8) is 0 Å². The molecule has 0 spiro atoms. The molecule has 1 aliphatic carbocycles. The second-order valence-corrected chi connectivity index (χ2v) is 8.08. The van der Waals surface area contributed by atoms with Crippen molar-refractivity contribution in [3.05, 3.63) is 53.1 Å². The van der Waals surface area contributed by atoms with Crippen LogP contribution in [0.2, 0.25) is 0 Å². The molecule has 0 radical (unpaired) electrons. The second-order valence-electron chi connectivity index (χ2n) is 8.08. The summed E-state index contributed by atoms with van der Waals surface area (Å²) < 4.78 is 10.9. The topological polar surface area (TPSA) is 136 Å². The zero-order valence-corrected chi connectivity index (χ0v) is 19.9. The predicted octanol–water partition coefficient (Wildman–Crippen LogP) is 4.44. The first-order valence-electron chi connectivity index (χ1n) is 11.2. The highest BCUT2D eigenvalue weighted by atomic mass is 16.7. The molecule has 2 aromatic rings. The summed E-state index contributed by atoms with van der Waals surface area (Å²) in [7, 11) is 3.17. The molecule has 0 unspecified atom stereocenters. The van der Waals surface area contributed by atoms with Crippen LogP contribution in [0.5, 0.6) is 5.75 Å². The molecule has 1 fully saturated rings. The van der Waals surface area contributed by atoms with E-state index in [1.165, 1.54) is 26.2 Å². The number of nitrogens with one attached hydrogen (secondary N) is 2. The van der Waals surface area contributed by atoms with Crippen LogP contribution in [0.25, 0.3) is 0 Å². The van der Waals surface area contributed by atoms with E-state index >= 15 is 0 Å². The largest absolute Gasteiger partial charge is 0.496 e. The van der Waals surface area contributed by atoms with Crippen LogP contribution in [-0.4, -0.2) is 49.1 Å². The molecule has 0 bridgehead atoms. The van der Waals surface area contributed by atoms with Crippen molar-refractivity contribution in [3.8, 4) is 5.75 Å². The maximum Gasteiger partial charge on any atom is 0.411 e. The number of hydrogen-bond acceptors (Lipinski definition) is 8. The molecule has 1 aliphatic rings. The van der Waals surface area contributed by atoms with Crippen LogP contribution in [0.1, 0.15) is 54.1 Å². The Kier molecular flexibility index (Phi) is 8.66. The summed E-state index contributed by atoms with van der Waals surface area (Å²) in [6, 6.07) is 9.66. The van der Waals surface area contributed by atoms with Crippen LogP contribution < -0.4 is 15.4 Å². The van der Waals surface area contributed by atoms with Crippen LogP contribution in [0.3, 0.4) is 0 Å². The highest BCUT2D eigenvalue weighted by Gasteiger charge is 2.20. The minimum Gasteiger partial charge on any atom is -0.496 e. The molecule has 1 saturated carbocycles. The molecular formula is C25H29N3O7. The van der Waals surface area contributed by atoms with E-state index in [0.29, 0.717) is 34.0 Å². The first kappa shape index (κ1) is 25.5. The molecule has 10 heteroatoms. The number of oxime groups is 1. The van der Waals surface area contributed by atoms with Crippen molar-refractivity contribution in [2.75, 3.05) is 24.8 Å². The van der Waals surface area contributed by atoms with Gasteiger partial charge in [-0.2, -0.15) is 0 Å². The minimum absolute atomic E-state index is 0.0756. The molecule has 0 aromatic heterocycles. The molecular weight excluding hydrogens is 454 g/mol. The molecule has 0 heterocycles. The molecule has 35 heavy (non-hydrogen) atoms. The molecule has 1 amide bonds. The highest BCUT2D eigenvalue weighted by Crippen LogP contribution is 2.27. The molecule has 186 valence electrons. The standard InChI is InChI=1S/C25H29N3O7/c1-15(29)35-28-22(12-16-8-9-17(24(30)31)13-23(16)33-3)20-14-18(10-11-21(20)26-2)27-25(32)34-19-6-4-5-7-19/h8-11,13-14,19,26H,4-7,12H2,1-3H3,(H,27,32)(H,30,31). The Labute approximate surface area is 203 Å². The maximum atomic E-state index is 12.4. The molecule has 3 N–H and O–H groups in total. The summed E-state index contributed by atoms with van der Waals surface area (Å²) in [6.45, 7) is 1.24. The van der Waals surface area contributed by atoms with E-state index in [0.717, 1.165) is 25.7 Å². The van der Waals surface area contributed by atoms with Crippen molar-refractivity contribution in [2.45, 2.75) is 45.1 Å². The summed E-state index contributed by atoms with van der Waals surface area (Å²) in [5.74, 6) is -1.33. The number of carboxylic acid groups (broad SMARTS) is 1. The van der Waals surface area contributed by atoms with Crippen LogP contribution in [0.15, 0.2) is 41.6 Å². The number of anilines is 2. The van der Waals surface area contributed by atoms with Gasteiger partial charge in [-0.15, -0.1) is 0 Å². The van der Waals surface area contributed by atoms with Crippen LogP contribution >= 0.6 is 0 Å². The van der Waals surface area contributed by atoms with E-state index in [9.17, 15) is 19.5 Å². The zero-order valence-electron chi connectivity index (χ0n) is 19.9. The van der Waals surface area contributed by atoms with Gasteiger partial charge >= 0.3 is 18.0 Å². The van der Waals surface area contributed by atoms with Gasteiger partial charge in [0.05, 0.1) is 18.4 Å². The Bertz CT molecular complexity index is 1120. The average molecular weight is 484 g/mol. The third-order valence-corrected chi connectivity index (χ3v) is 5.60. The lowest BCUT2D eigenvalue weighted by Crippen LogP contribution is -2.20. The van der Waals surface area contributed by atoms with E-state index in [2.05, 4.69) is 15.8 Å². The Morgan fingerprint density at radius 2 is 1.86 bits per heavy atom. The summed E-state index contributed by atoms with van der Waals surface area (Å²) >= 11 is 0. The van der Waals surface area contributed by atoms with Gasteiger partial charge in [-0.3, -0.25) is 5.32 Å². The monoisotopic (exact) mass is 483 g/mol. The summed E-state index contributed by atoms with van der Waals surface area (Å²) in [6.07, 6.45) is 3.36. The SMILES string of the molecule is CNc1ccc(NC(=O)OC2CCCC2)cc1C(Cc1ccc(C(=O)O)cc1OC)=NOC(C)=O. The quantitative estimate of drug-likeness (QED) is 0.271. The molecule has 0 atom stereocenters. The van der Waals surface area contributed by atoms with Crippen molar-refractivity contribution in [2.24, 2.45) is 5.16 Å². The average Bonchev–Trinajstić information content (AvgIpc) is 3.34. The third kappa shape index (κ3) is 6.95. The third-order valence-electron chi connectivity index (χ3n) is 5.60. The lowest BCUT2D eigenvalue weighted by atomic mass is 9.98. The Morgan fingerprint density at radius 1 is 1.11 bits per heavy atom. The smallest absolute Gasteiger partial charge is 0.411 e. The number of ether oxygens (including phenoxy) is 2. The zero-order chi connectivity index (χ0) is 25.4. The molecule has 3 rings (SSSR count). The number of carbonyl (C=O) groups is 3. The van der Waals surface area contributed by atoms with Gasteiger partial charge in [0.2, 0.25) is 0 Å². The van der Waals surface area contributed by atoms with E-state index < -0.39 is 18.0 Å². The Morgan fingerprint density at radius 3 is 2.49 bits per heavy atom. The molecule has 0 aliphatic heterocycles. The van der Waals surface area contributed by atoms with Gasteiger partial charge in [0, 0.05) is 42.9 Å². The highest BCUT2D eigenvalue weighted by molar-refractivity contribution is 6.07. The number of benzene rings is 2. The first-order valence-corrected chi connectivity index (χ1v) is 11.2. The Hall–Kier alpha value is -4.08. The maximum absolute atomic E-state index is 12.4. The van der Waals surface area contributed by atoms with Gasteiger partial charge < -0.3 is 24.7 Å². The van der Waals surface area contributed by atoms with Crippen LogP contribution in [0.4, 0.5) is 16.2 Å². The number of methoxy groups -OCH3 is 1. The van der Waals surface area contributed by atoms with Crippen molar-refractivity contribution < 1.29 is 33.8 Å². The first-order chi connectivity index (χ1) is 16.8. The number of hydrogen-bond donors (Lipinski definition) is 3. The van der Waals surface area contributed by atoms with E-state index in [1.54, 1.807) is 31.3 Å². The number of aromatic carboxylic acids is 1. The van der Waals surface area contributed by atoms with Gasteiger partial charge in [-0.1, -0.05) is 11.2 Å². The van der Waals surface area contributed by atoms with Gasteiger partial charge in [-0.05, 0) is 56.0 Å². The van der Waals surface area contributed by atoms with Gasteiger partial charge in [0.25, 0.3) is 0 Å². The lowest BCUT2D eigenvalue weighted by Gasteiger charge is -2.16. The van der Waals surface area contributed by atoms with Gasteiger partial charge in [0.15, 0.2) is 0 Å². The minimum atomic E-state index is -1.08. The number of rotatable bonds is 9. The van der Waals surface area contributed by atoms with E-state index in [4.69, 9.17) is 14.3 Å². The number of amides is 1. The summed E-state index contributed by atoms with van der Waals surface area (Å²) in [5, 5.41) is 19.1. The van der Waals surface area contributed by atoms with Crippen molar-refractivity contribution in [1.29, 1.82) is 0 Å². The summed E-state index contributed by atoms with van der Waals surface area (Å²) in [4.78, 5) is 40.1. The van der Waals surface area contributed by atoms with Crippen molar-refractivity contribution >= 4 is 35.1 Å².